The minimum absolute atomic E-state index is 0. The Morgan fingerprint density at radius 2 is 2.15 bits per heavy atom. The van der Waals surface area contributed by atoms with Gasteiger partial charge in [-0.15, -0.1) is 24.0 Å². The molecule has 0 aliphatic carbocycles. The van der Waals surface area contributed by atoms with Crippen LogP contribution in [-0.2, 0) is 24.3 Å². The minimum Gasteiger partial charge on any atom is -0.377 e. The van der Waals surface area contributed by atoms with E-state index in [0.717, 1.165) is 56.6 Å². The van der Waals surface area contributed by atoms with E-state index in [-0.39, 0.29) is 24.0 Å². The Labute approximate surface area is 174 Å². The SMILES string of the molecule is CCN(CC)C(C)CNC(=NC)NC1CCc2nc(COC)nn2C1.I. The number of aliphatic imine (C=N–C) groups is 1. The fourth-order valence-electron chi connectivity index (χ4n) is 3.28. The number of hydrogen-bond acceptors (Lipinski definition) is 5. The van der Waals surface area contributed by atoms with Crippen molar-refractivity contribution in [3.63, 3.8) is 0 Å². The minimum atomic E-state index is 0. The topological polar surface area (TPSA) is 79.6 Å². The molecule has 2 atom stereocenters. The summed E-state index contributed by atoms with van der Waals surface area (Å²) >= 11 is 0. The molecule has 9 heteroatoms. The maximum absolute atomic E-state index is 5.12. The fourth-order valence-corrected chi connectivity index (χ4v) is 3.28. The van der Waals surface area contributed by atoms with E-state index < -0.39 is 0 Å². The van der Waals surface area contributed by atoms with Crippen LogP contribution in [0.1, 0.15) is 38.8 Å². The zero-order chi connectivity index (χ0) is 18.2. The number of fused-ring (bicyclic) bond motifs is 1. The van der Waals surface area contributed by atoms with Crippen LogP contribution in [0, 0.1) is 0 Å². The zero-order valence-corrected chi connectivity index (χ0v) is 19.0. The van der Waals surface area contributed by atoms with E-state index in [1.807, 2.05) is 11.7 Å². The second kappa shape index (κ2) is 11.7. The average Bonchev–Trinajstić information content (AvgIpc) is 3.01. The predicted molar refractivity (Wildman–Crippen MR) is 115 cm³/mol. The van der Waals surface area contributed by atoms with Crippen LogP contribution in [0.2, 0.25) is 0 Å². The highest BCUT2D eigenvalue weighted by Crippen LogP contribution is 2.13. The normalized spacial score (nSPS) is 18.2. The number of likely N-dealkylation sites (N-methyl/N-ethyl adjacent to an activating group) is 1. The van der Waals surface area contributed by atoms with E-state index in [0.29, 0.717) is 18.7 Å². The third kappa shape index (κ3) is 6.34. The molecule has 0 aromatic carbocycles. The Hall–Kier alpha value is -0.940. The second-order valence-electron chi connectivity index (χ2n) is 6.46. The molecule has 2 unspecified atom stereocenters. The predicted octanol–water partition coefficient (Wildman–Crippen LogP) is 1.25. The van der Waals surface area contributed by atoms with Crippen molar-refractivity contribution in [2.24, 2.45) is 4.99 Å². The van der Waals surface area contributed by atoms with Crippen LogP contribution in [0.5, 0.6) is 0 Å². The lowest BCUT2D eigenvalue weighted by atomic mass is 10.1. The number of aryl methyl sites for hydroxylation is 1. The van der Waals surface area contributed by atoms with Gasteiger partial charge < -0.3 is 15.4 Å². The van der Waals surface area contributed by atoms with Crippen molar-refractivity contribution in [3.8, 4) is 0 Å². The Bertz CT molecular complexity index is 559. The van der Waals surface area contributed by atoms with Crippen LogP contribution in [0.25, 0.3) is 0 Å². The van der Waals surface area contributed by atoms with Gasteiger partial charge in [-0.1, -0.05) is 13.8 Å². The van der Waals surface area contributed by atoms with Gasteiger partial charge in [-0.05, 0) is 26.4 Å². The molecule has 1 aromatic rings. The number of rotatable bonds is 8. The number of nitrogens with zero attached hydrogens (tertiary/aromatic N) is 5. The molecule has 26 heavy (non-hydrogen) atoms. The molecule has 0 bridgehead atoms. The van der Waals surface area contributed by atoms with Gasteiger partial charge in [0.25, 0.3) is 0 Å². The van der Waals surface area contributed by atoms with Crippen LogP contribution in [0.4, 0.5) is 0 Å². The first-order valence-corrected chi connectivity index (χ1v) is 9.23. The number of nitrogens with one attached hydrogen (secondary N) is 2. The third-order valence-corrected chi connectivity index (χ3v) is 4.74. The van der Waals surface area contributed by atoms with Gasteiger partial charge in [0.2, 0.25) is 0 Å². The summed E-state index contributed by atoms with van der Waals surface area (Å²) in [4.78, 5) is 11.3. The number of methoxy groups -OCH3 is 1. The first-order valence-electron chi connectivity index (χ1n) is 9.23. The smallest absolute Gasteiger partial charge is 0.191 e. The first-order chi connectivity index (χ1) is 12.1. The van der Waals surface area contributed by atoms with Crippen molar-refractivity contribution < 1.29 is 4.74 Å². The van der Waals surface area contributed by atoms with Gasteiger partial charge in [-0.2, -0.15) is 5.10 Å². The van der Waals surface area contributed by atoms with Crippen LogP contribution < -0.4 is 10.6 Å². The Balaban J connectivity index is 0.00000338. The molecule has 1 aliphatic rings. The van der Waals surface area contributed by atoms with Crippen molar-refractivity contribution in [3.05, 3.63) is 11.6 Å². The molecule has 2 heterocycles. The summed E-state index contributed by atoms with van der Waals surface area (Å²) in [5, 5.41) is 11.5. The zero-order valence-electron chi connectivity index (χ0n) is 16.7. The number of guanidine groups is 1. The molecule has 0 saturated carbocycles. The molecule has 8 nitrogen and oxygen atoms in total. The van der Waals surface area contributed by atoms with Gasteiger partial charge >= 0.3 is 0 Å². The van der Waals surface area contributed by atoms with Crippen LogP contribution in [-0.4, -0.2) is 71.5 Å². The summed E-state index contributed by atoms with van der Waals surface area (Å²) in [7, 11) is 3.48. The number of ether oxygens (including phenoxy) is 1. The third-order valence-electron chi connectivity index (χ3n) is 4.74. The number of hydrogen-bond donors (Lipinski definition) is 2. The van der Waals surface area contributed by atoms with Crippen molar-refractivity contribution >= 4 is 29.9 Å². The number of halogens is 1. The molecular weight excluding hydrogens is 445 g/mol. The maximum atomic E-state index is 5.12. The van der Waals surface area contributed by atoms with E-state index in [1.165, 1.54) is 0 Å². The quantitative estimate of drug-likeness (QED) is 0.332. The Kier molecular flexibility index (Phi) is 10.4. The molecule has 2 N–H and O–H groups in total. The first kappa shape index (κ1) is 23.1. The Morgan fingerprint density at radius 1 is 1.42 bits per heavy atom. The van der Waals surface area contributed by atoms with E-state index in [9.17, 15) is 0 Å². The van der Waals surface area contributed by atoms with Crippen LogP contribution in [0.3, 0.4) is 0 Å². The van der Waals surface area contributed by atoms with Crippen molar-refractivity contribution in [1.29, 1.82) is 0 Å². The fraction of sp³-hybridized carbons (Fsp3) is 0.824. The summed E-state index contributed by atoms with van der Waals surface area (Å²) in [5.41, 5.74) is 0. The largest absolute Gasteiger partial charge is 0.377 e. The van der Waals surface area contributed by atoms with Gasteiger partial charge in [0.1, 0.15) is 12.4 Å². The van der Waals surface area contributed by atoms with Gasteiger partial charge in [0, 0.05) is 39.2 Å². The average molecular weight is 479 g/mol. The molecule has 150 valence electrons. The molecule has 1 aliphatic heterocycles. The number of aromatic nitrogens is 3. The van der Waals surface area contributed by atoms with E-state index >= 15 is 0 Å². The molecule has 0 amide bonds. The Morgan fingerprint density at radius 3 is 2.77 bits per heavy atom. The molecule has 2 rings (SSSR count). The molecule has 0 radical (unpaired) electrons. The van der Waals surface area contributed by atoms with Crippen LogP contribution in [0.15, 0.2) is 4.99 Å². The molecule has 0 saturated heterocycles. The van der Waals surface area contributed by atoms with Crippen molar-refractivity contribution in [1.82, 2.24) is 30.3 Å². The van der Waals surface area contributed by atoms with Crippen molar-refractivity contribution in [2.75, 3.05) is 33.8 Å². The lowest BCUT2D eigenvalue weighted by Crippen LogP contribution is -2.50. The summed E-state index contributed by atoms with van der Waals surface area (Å²) in [6, 6.07) is 0.776. The maximum Gasteiger partial charge on any atom is 0.191 e. The highest BCUT2D eigenvalue weighted by Gasteiger charge is 2.22. The van der Waals surface area contributed by atoms with Gasteiger partial charge in [0.15, 0.2) is 11.8 Å². The van der Waals surface area contributed by atoms with Crippen molar-refractivity contribution in [2.45, 2.75) is 58.8 Å². The van der Waals surface area contributed by atoms with E-state index in [2.05, 4.69) is 51.4 Å². The van der Waals surface area contributed by atoms with Crippen LogP contribution >= 0.6 is 24.0 Å². The second-order valence-corrected chi connectivity index (χ2v) is 6.46. The van der Waals surface area contributed by atoms with Gasteiger partial charge in [-0.3, -0.25) is 9.89 Å². The summed E-state index contributed by atoms with van der Waals surface area (Å²) in [6.07, 6.45) is 1.94. The lowest BCUT2D eigenvalue weighted by molar-refractivity contribution is 0.177. The molecule has 1 aromatic heterocycles. The molecule has 0 spiro atoms. The van der Waals surface area contributed by atoms with Gasteiger partial charge in [-0.25, -0.2) is 9.67 Å². The highest BCUT2D eigenvalue weighted by atomic mass is 127. The summed E-state index contributed by atoms with van der Waals surface area (Å²) in [6.45, 7) is 10.9. The summed E-state index contributed by atoms with van der Waals surface area (Å²) < 4.78 is 7.11. The van der Waals surface area contributed by atoms with Gasteiger partial charge in [0.05, 0.1) is 6.54 Å². The molecular formula is C17H34IN7O. The van der Waals surface area contributed by atoms with E-state index in [1.54, 1.807) is 7.11 Å². The standard InChI is InChI=1S/C17H33N7O.HI/c1-6-23(7-2)13(3)10-19-17(18-4)20-14-8-9-16-21-15(12-25-5)22-24(16)11-14;/h13-14H,6-12H2,1-5H3,(H2,18,19,20);1H. The highest BCUT2D eigenvalue weighted by molar-refractivity contribution is 14.0. The molecule has 0 fully saturated rings. The van der Waals surface area contributed by atoms with E-state index in [4.69, 9.17) is 4.74 Å². The lowest BCUT2D eigenvalue weighted by Gasteiger charge is -2.29. The summed E-state index contributed by atoms with van der Waals surface area (Å²) in [5.74, 6) is 2.65. The monoisotopic (exact) mass is 479 g/mol.